The van der Waals surface area contributed by atoms with E-state index in [2.05, 4.69) is 138 Å². The van der Waals surface area contributed by atoms with E-state index in [1.54, 1.807) is 6.20 Å². The molecule has 8 rings (SSSR count). The van der Waals surface area contributed by atoms with Gasteiger partial charge in [0.15, 0.2) is 0 Å². The van der Waals surface area contributed by atoms with Crippen LogP contribution in [-0.4, -0.2) is 4.98 Å². The molecular weight excluding hydrogens is 583 g/mol. The van der Waals surface area contributed by atoms with E-state index < -0.39 is 0 Å². The monoisotopic (exact) mass is 613 g/mol. The third-order valence-corrected chi connectivity index (χ3v) is 9.02. The minimum absolute atomic E-state index is 0.631. The molecule has 48 heavy (non-hydrogen) atoms. The first-order chi connectivity index (χ1) is 23.6. The molecule has 0 radical (unpaired) electrons. The van der Waals surface area contributed by atoms with Gasteiger partial charge in [-0.2, -0.15) is 5.26 Å². The fraction of sp³-hybridized carbons (Fsp3) is 0.0222. The summed E-state index contributed by atoms with van der Waals surface area (Å²) in [6, 6.07) is 42.2. The van der Waals surface area contributed by atoms with Gasteiger partial charge in [0.05, 0.1) is 23.5 Å². The third-order valence-electron chi connectivity index (χ3n) is 9.02. The molecule has 0 saturated heterocycles. The molecule has 1 heterocycles. The second-order valence-corrected chi connectivity index (χ2v) is 12.2. The minimum atomic E-state index is 0.631. The Morgan fingerprint density at radius 1 is 0.625 bits per heavy atom. The van der Waals surface area contributed by atoms with Crippen LogP contribution in [0, 0.1) is 11.3 Å². The van der Waals surface area contributed by atoms with Gasteiger partial charge in [-0.15, -0.1) is 0 Å². The summed E-state index contributed by atoms with van der Waals surface area (Å²) in [5.74, 6) is 0. The van der Waals surface area contributed by atoms with Crippen molar-refractivity contribution in [2.24, 2.45) is 0 Å². The molecule has 6 aromatic rings. The highest BCUT2D eigenvalue weighted by molar-refractivity contribution is 5.93. The molecule has 3 nitrogen and oxygen atoms in total. The van der Waals surface area contributed by atoms with Gasteiger partial charge in [0.2, 0.25) is 0 Å². The van der Waals surface area contributed by atoms with Crippen LogP contribution in [-0.2, 0) is 6.42 Å². The summed E-state index contributed by atoms with van der Waals surface area (Å²) in [7, 11) is 0. The number of benzene rings is 5. The quantitative estimate of drug-likeness (QED) is 0.194. The molecule has 1 aromatic heterocycles. The van der Waals surface area contributed by atoms with Gasteiger partial charge in [-0.05, 0) is 140 Å². The van der Waals surface area contributed by atoms with Crippen LogP contribution in [0.5, 0.6) is 0 Å². The summed E-state index contributed by atoms with van der Waals surface area (Å²) >= 11 is 0. The maximum Gasteiger partial charge on any atom is 0.0991 e. The maximum absolute atomic E-state index is 9.33. The number of hydrogen-bond donors (Lipinski definition) is 0. The van der Waals surface area contributed by atoms with Crippen LogP contribution in [0.2, 0.25) is 0 Å². The Balaban J connectivity index is 1.15. The van der Waals surface area contributed by atoms with Crippen LogP contribution in [0.15, 0.2) is 170 Å². The summed E-state index contributed by atoms with van der Waals surface area (Å²) < 4.78 is 0. The molecule has 226 valence electrons. The predicted octanol–water partition coefficient (Wildman–Crippen LogP) is 11.4. The molecule has 3 heteroatoms. The van der Waals surface area contributed by atoms with Gasteiger partial charge < -0.3 is 4.90 Å². The van der Waals surface area contributed by atoms with Crippen LogP contribution in [0.1, 0.15) is 27.8 Å². The van der Waals surface area contributed by atoms with E-state index in [0.717, 1.165) is 34.4 Å². The van der Waals surface area contributed by atoms with E-state index in [9.17, 15) is 5.26 Å². The molecule has 0 fully saturated rings. The van der Waals surface area contributed by atoms with Crippen molar-refractivity contribution in [3.8, 4) is 17.2 Å². The number of rotatable bonds is 5. The molecule has 0 aliphatic heterocycles. The molecule has 2 aliphatic carbocycles. The average molecular weight is 614 g/mol. The number of aromatic nitrogens is 1. The number of pyridine rings is 1. The normalized spacial score (nSPS) is 13.4. The van der Waals surface area contributed by atoms with Crippen molar-refractivity contribution in [3.05, 3.63) is 198 Å². The van der Waals surface area contributed by atoms with Crippen molar-refractivity contribution in [1.29, 1.82) is 5.26 Å². The van der Waals surface area contributed by atoms with E-state index in [-0.39, 0.29) is 0 Å². The van der Waals surface area contributed by atoms with E-state index in [1.807, 2.05) is 42.6 Å². The molecule has 0 amide bonds. The summed E-state index contributed by atoms with van der Waals surface area (Å²) in [6.07, 6.45) is 17.8. The SMILES string of the molecule is C=C1C=Cc2cc(-c3ccc4cc(N(c5ccc(C#N)cc5)c5cccnc5)ccc4c3)cc3c2CC(=CC(c2ccccc2)=C1)C=C3. The molecule has 5 aromatic carbocycles. The minimum Gasteiger partial charge on any atom is -0.309 e. The average Bonchev–Trinajstić information content (AvgIpc) is 3.14. The number of hydrogen-bond acceptors (Lipinski definition) is 3. The van der Waals surface area contributed by atoms with Crippen LogP contribution in [0.3, 0.4) is 0 Å². The Hall–Kier alpha value is -6.50. The lowest BCUT2D eigenvalue weighted by Gasteiger charge is -2.25. The van der Waals surface area contributed by atoms with Gasteiger partial charge in [-0.1, -0.05) is 85.5 Å². The molecule has 0 unspecified atom stereocenters. The van der Waals surface area contributed by atoms with E-state index in [4.69, 9.17) is 0 Å². The van der Waals surface area contributed by atoms with Gasteiger partial charge in [-0.3, -0.25) is 4.98 Å². The van der Waals surface area contributed by atoms with Crippen molar-refractivity contribution in [3.63, 3.8) is 0 Å². The summed E-state index contributed by atoms with van der Waals surface area (Å²) in [6.45, 7) is 4.35. The van der Waals surface area contributed by atoms with Gasteiger partial charge >= 0.3 is 0 Å². The van der Waals surface area contributed by atoms with Gasteiger partial charge in [0, 0.05) is 17.6 Å². The van der Waals surface area contributed by atoms with Crippen LogP contribution in [0.25, 0.3) is 39.6 Å². The highest BCUT2D eigenvalue weighted by Crippen LogP contribution is 2.38. The second-order valence-electron chi connectivity index (χ2n) is 12.2. The highest BCUT2D eigenvalue weighted by atomic mass is 15.1. The zero-order chi connectivity index (χ0) is 32.5. The maximum atomic E-state index is 9.33. The first kappa shape index (κ1) is 28.9. The number of nitrogens with zero attached hydrogens (tertiary/aromatic N) is 3. The fourth-order valence-electron chi connectivity index (χ4n) is 6.60. The molecule has 2 bridgehead atoms. The number of nitriles is 1. The van der Waals surface area contributed by atoms with Crippen molar-refractivity contribution in [1.82, 2.24) is 4.98 Å². The van der Waals surface area contributed by atoms with Crippen molar-refractivity contribution in [2.45, 2.75) is 6.42 Å². The largest absolute Gasteiger partial charge is 0.309 e. The van der Waals surface area contributed by atoms with Gasteiger partial charge in [-0.25, -0.2) is 0 Å². The standard InChI is InChI=1S/C45H31N3/c1-31-9-13-38-26-41(27-39-14-10-33(24-45(38)39)23-40(22-31)34-6-3-2-4-7-34)36-15-16-37-28-43(20-17-35(37)25-36)48(44-8-5-21-47-30-44)42-18-11-32(29-46)12-19-42/h2-23,25-28,30H,1,24H2. The van der Waals surface area contributed by atoms with Gasteiger partial charge in [0.25, 0.3) is 0 Å². The Kier molecular flexibility index (Phi) is 7.45. The fourth-order valence-corrected chi connectivity index (χ4v) is 6.60. The van der Waals surface area contributed by atoms with Crippen molar-refractivity contribution in [2.75, 3.05) is 4.90 Å². The molecule has 0 spiro atoms. The summed E-state index contributed by atoms with van der Waals surface area (Å²) in [4.78, 5) is 6.54. The second kappa shape index (κ2) is 12.4. The van der Waals surface area contributed by atoms with Crippen LogP contribution < -0.4 is 4.90 Å². The Morgan fingerprint density at radius 3 is 2.15 bits per heavy atom. The molecular formula is C45H31N3. The highest BCUT2D eigenvalue weighted by Gasteiger charge is 2.17. The molecule has 2 aliphatic rings. The van der Waals surface area contributed by atoms with Crippen molar-refractivity contribution >= 4 is 45.6 Å². The molecule has 0 atom stereocenters. The number of anilines is 3. The lowest BCUT2D eigenvalue weighted by molar-refractivity contribution is 1.16. The topological polar surface area (TPSA) is 39.9 Å². The van der Waals surface area contributed by atoms with E-state index >= 15 is 0 Å². The zero-order valence-corrected chi connectivity index (χ0v) is 26.3. The summed E-state index contributed by atoms with van der Waals surface area (Å²) in [5, 5.41) is 11.6. The number of allylic oxidation sites excluding steroid dienone is 7. The third kappa shape index (κ3) is 5.68. The Morgan fingerprint density at radius 2 is 1.38 bits per heavy atom. The summed E-state index contributed by atoms with van der Waals surface area (Å²) in [5.41, 5.74) is 14.4. The first-order valence-corrected chi connectivity index (χ1v) is 16.1. The van der Waals surface area contributed by atoms with E-state index in [1.165, 1.54) is 49.9 Å². The van der Waals surface area contributed by atoms with E-state index in [0.29, 0.717) is 5.56 Å². The first-order valence-electron chi connectivity index (χ1n) is 16.1. The van der Waals surface area contributed by atoms with Crippen LogP contribution in [0.4, 0.5) is 17.1 Å². The van der Waals surface area contributed by atoms with Crippen LogP contribution >= 0.6 is 0 Å². The lowest BCUT2D eigenvalue weighted by Crippen LogP contribution is -2.10. The lowest BCUT2D eigenvalue weighted by atomic mass is 9.85. The smallest absolute Gasteiger partial charge is 0.0991 e. The molecule has 0 N–H and O–H groups in total. The Bertz CT molecular complexity index is 2370. The predicted molar refractivity (Wildman–Crippen MR) is 200 cm³/mol. The Labute approximate surface area is 281 Å². The zero-order valence-electron chi connectivity index (χ0n) is 26.3. The van der Waals surface area contributed by atoms with Crippen molar-refractivity contribution < 1.29 is 0 Å². The number of fused-ring (bicyclic) bond motifs is 2. The van der Waals surface area contributed by atoms with Gasteiger partial charge in [0.1, 0.15) is 0 Å². The molecule has 0 saturated carbocycles.